The fourth-order valence-corrected chi connectivity index (χ4v) is 4.19. The number of benzene rings is 1. The summed E-state index contributed by atoms with van der Waals surface area (Å²) in [5.41, 5.74) is 4.58. The molecule has 1 aliphatic rings. The average Bonchev–Trinajstić information content (AvgIpc) is 3.23. The number of carbonyl (C=O) groups is 1. The number of hydrogen-bond donors (Lipinski definition) is 1. The minimum Gasteiger partial charge on any atom is -0.496 e. The monoisotopic (exact) mass is 410 g/mol. The van der Waals surface area contributed by atoms with E-state index in [9.17, 15) is 4.79 Å². The first-order chi connectivity index (χ1) is 14.1. The Bertz CT molecular complexity index is 1030. The number of aromatic nitrogens is 3. The molecule has 29 heavy (non-hydrogen) atoms. The fraction of sp³-hybridized carbons (Fsp3) is 0.318. The highest BCUT2D eigenvalue weighted by Crippen LogP contribution is 2.38. The van der Waals surface area contributed by atoms with E-state index in [-0.39, 0.29) is 11.9 Å². The van der Waals surface area contributed by atoms with E-state index in [1.165, 1.54) is 0 Å². The van der Waals surface area contributed by atoms with Crippen molar-refractivity contribution in [2.45, 2.75) is 32.2 Å². The second-order valence-electron chi connectivity index (χ2n) is 7.24. The molecular formula is C22H23ClN4O2. The van der Waals surface area contributed by atoms with Gasteiger partial charge in [-0.05, 0) is 61.6 Å². The number of likely N-dealkylation sites (tertiary alicyclic amines) is 1. The van der Waals surface area contributed by atoms with Crippen LogP contribution in [0.3, 0.4) is 0 Å². The lowest BCUT2D eigenvalue weighted by atomic mass is 9.93. The number of methoxy groups -OCH3 is 1. The van der Waals surface area contributed by atoms with Gasteiger partial charge in [0, 0.05) is 29.5 Å². The molecule has 0 aliphatic carbocycles. The van der Waals surface area contributed by atoms with Crippen molar-refractivity contribution in [3.05, 3.63) is 64.7 Å². The van der Waals surface area contributed by atoms with Crippen LogP contribution in [-0.2, 0) is 0 Å². The van der Waals surface area contributed by atoms with E-state index in [1.54, 1.807) is 31.5 Å². The van der Waals surface area contributed by atoms with E-state index in [1.807, 2.05) is 30.3 Å². The molecule has 0 unspecified atom stereocenters. The molecular weight excluding hydrogens is 388 g/mol. The van der Waals surface area contributed by atoms with E-state index in [0.29, 0.717) is 22.9 Å². The van der Waals surface area contributed by atoms with Gasteiger partial charge in [0.2, 0.25) is 0 Å². The van der Waals surface area contributed by atoms with Gasteiger partial charge in [0.05, 0.1) is 30.6 Å². The zero-order chi connectivity index (χ0) is 20.4. The molecule has 2 aromatic heterocycles. The maximum Gasteiger partial charge on any atom is 0.258 e. The predicted molar refractivity (Wildman–Crippen MR) is 112 cm³/mol. The molecule has 6 nitrogen and oxygen atoms in total. The second kappa shape index (κ2) is 8.25. The van der Waals surface area contributed by atoms with Gasteiger partial charge in [-0.2, -0.15) is 5.10 Å². The highest BCUT2D eigenvalue weighted by Gasteiger charge is 2.33. The molecule has 7 heteroatoms. The summed E-state index contributed by atoms with van der Waals surface area (Å²) in [6.07, 6.45) is 8.33. The van der Waals surface area contributed by atoms with Crippen molar-refractivity contribution in [1.82, 2.24) is 20.1 Å². The summed E-state index contributed by atoms with van der Waals surface area (Å²) >= 11 is 6.17. The standard InChI is InChI=1S/C22H23ClN4O2/c1-14-12-24-9-8-16(14)18-13-25-26-21(18)19-5-3-4-10-27(19)22(28)17-11-15(23)6-7-20(17)29-2/h6-9,11-13,19H,3-5,10H2,1-2H3,(H,25,26)/t19-/m0/s1. The Morgan fingerprint density at radius 1 is 1.24 bits per heavy atom. The molecule has 1 aliphatic heterocycles. The average molecular weight is 411 g/mol. The second-order valence-corrected chi connectivity index (χ2v) is 7.68. The van der Waals surface area contributed by atoms with Crippen LogP contribution in [0.1, 0.15) is 46.9 Å². The Morgan fingerprint density at radius 3 is 2.90 bits per heavy atom. The molecule has 1 saturated heterocycles. The minimum atomic E-state index is -0.0926. The number of nitrogens with one attached hydrogen (secondary N) is 1. The number of aryl methyl sites for hydroxylation is 1. The molecule has 4 rings (SSSR count). The number of halogens is 1. The summed E-state index contributed by atoms with van der Waals surface area (Å²) in [6, 6.07) is 7.03. The maximum atomic E-state index is 13.5. The van der Waals surface area contributed by atoms with Gasteiger partial charge in [-0.3, -0.25) is 14.9 Å². The zero-order valence-corrected chi connectivity index (χ0v) is 17.2. The number of carbonyl (C=O) groups excluding carboxylic acids is 1. The van der Waals surface area contributed by atoms with Crippen molar-refractivity contribution in [3.8, 4) is 16.9 Å². The lowest BCUT2D eigenvalue weighted by Crippen LogP contribution is -2.39. The molecule has 1 fully saturated rings. The molecule has 1 aromatic carbocycles. The number of pyridine rings is 1. The normalized spacial score (nSPS) is 16.7. The van der Waals surface area contributed by atoms with Crippen LogP contribution in [0, 0.1) is 6.92 Å². The predicted octanol–water partition coefficient (Wildman–Crippen LogP) is 4.81. The number of amides is 1. The zero-order valence-electron chi connectivity index (χ0n) is 16.5. The van der Waals surface area contributed by atoms with Gasteiger partial charge in [0.25, 0.3) is 5.91 Å². The summed E-state index contributed by atoms with van der Waals surface area (Å²) in [7, 11) is 1.56. The third-order valence-electron chi connectivity index (χ3n) is 5.47. The van der Waals surface area contributed by atoms with E-state index < -0.39 is 0 Å². The van der Waals surface area contributed by atoms with Gasteiger partial charge in [-0.25, -0.2) is 0 Å². The molecule has 0 radical (unpaired) electrons. The highest BCUT2D eigenvalue weighted by atomic mass is 35.5. The Hall–Kier alpha value is -2.86. The lowest BCUT2D eigenvalue weighted by molar-refractivity contribution is 0.0603. The van der Waals surface area contributed by atoms with Crippen LogP contribution >= 0.6 is 11.6 Å². The molecule has 1 atom stereocenters. The number of H-pyrrole nitrogens is 1. The largest absolute Gasteiger partial charge is 0.496 e. The number of aromatic amines is 1. The van der Waals surface area contributed by atoms with Crippen molar-refractivity contribution in [2.75, 3.05) is 13.7 Å². The van der Waals surface area contributed by atoms with E-state index in [4.69, 9.17) is 16.3 Å². The summed E-state index contributed by atoms with van der Waals surface area (Å²) in [4.78, 5) is 19.6. The molecule has 0 saturated carbocycles. The summed E-state index contributed by atoms with van der Waals surface area (Å²) in [5, 5.41) is 7.97. The molecule has 0 spiro atoms. The Balaban J connectivity index is 1.74. The number of nitrogens with zero attached hydrogens (tertiary/aromatic N) is 3. The van der Waals surface area contributed by atoms with E-state index in [0.717, 1.165) is 41.6 Å². The van der Waals surface area contributed by atoms with Gasteiger partial charge >= 0.3 is 0 Å². The third kappa shape index (κ3) is 3.72. The topological polar surface area (TPSA) is 71.1 Å². The van der Waals surface area contributed by atoms with Crippen LogP contribution < -0.4 is 4.74 Å². The van der Waals surface area contributed by atoms with Crippen LogP contribution in [0.15, 0.2) is 42.9 Å². The van der Waals surface area contributed by atoms with Crippen LogP contribution in [0.5, 0.6) is 5.75 Å². The van der Waals surface area contributed by atoms with Crippen LogP contribution in [0.25, 0.3) is 11.1 Å². The first kappa shape index (κ1) is 19.5. The number of rotatable bonds is 4. The Labute approximate surface area is 174 Å². The third-order valence-corrected chi connectivity index (χ3v) is 5.70. The van der Waals surface area contributed by atoms with Crippen molar-refractivity contribution in [3.63, 3.8) is 0 Å². The van der Waals surface area contributed by atoms with Gasteiger partial charge in [0.1, 0.15) is 5.75 Å². The Kier molecular flexibility index (Phi) is 5.53. The first-order valence-electron chi connectivity index (χ1n) is 9.69. The molecule has 150 valence electrons. The lowest BCUT2D eigenvalue weighted by Gasteiger charge is -2.36. The van der Waals surface area contributed by atoms with Gasteiger partial charge in [-0.15, -0.1) is 0 Å². The molecule has 1 N–H and O–H groups in total. The summed E-state index contributed by atoms with van der Waals surface area (Å²) in [6.45, 7) is 2.70. The summed E-state index contributed by atoms with van der Waals surface area (Å²) in [5.74, 6) is 0.444. The number of piperidine rings is 1. The molecule has 3 heterocycles. The molecule has 3 aromatic rings. The van der Waals surface area contributed by atoms with Crippen molar-refractivity contribution in [1.29, 1.82) is 0 Å². The van der Waals surface area contributed by atoms with Crippen molar-refractivity contribution < 1.29 is 9.53 Å². The van der Waals surface area contributed by atoms with Gasteiger partial charge in [-0.1, -0.05) is 11.6 Å². The number of hydrogen-bond acceptors (Lipinski definition) is 4. The van der Waals surface area contributed by atoms with Crippen LogP contribution in [0.2, 0.25) is 5.02 Å². The van der Waals surface area contributed by atoms with E-state index in [2.05, 4.69) is 15.2 Å². The first-order valence-corrected chi connectivity index (χ1v) is 10.1. The maximum absolute atomic E-state index is 13.5. The van der Waals surface area contributed by atoms with Crippen molar-refractivity contribution in [2.24, 2.45) is 0 Å². The van der Waals surface area contributed by atoms with Crippen LogP contribution in [-0.4, -0.2) is 39.6 Å². The Morgan fingerprint density at radius 2 is 2.10 bits per heavy atom. The quantitative estimate of drug-likeness (QED) is 0.670. The smallest absolute Gasteiger partial charge is 0.258 e. The number of ether oxygens (including phenoxy) is 1. The van der Waals surface area contributed by atoms with Crippen molar-refractivity contribution >= 4 is 17.5 Å². The summed E-state index contributed by atoms with van der Waals surface area (Å²) < 4.78 is 5.41. The van der Waals surface area contributed by atoms with E-state index >= 15 is 0 Å². The minimum absolute atomic E-state index is 0.0824. The van der Waals surface area contributed by atoms with Gasteiger partial charge in [0.15, 0.2) is 0 Å². The van der Waals surface area contributed by atoms with Crippen LogP contribution in [0.4, 0.5) is 0 Å². The SMILES string of the molecule is COc1ccc(Cl)cc1C(=O)N1CCCC[C@H]1c1[nH]ncc1-c1ccncc1C. The van der Waals surface area contributed by atoms with Gasteiger partial charge < -0.3 is 9.64 Å². The fourth-order valence-electron chi connectivity index (χ4n) is 4.02. The highest BCUT2D eigenvalue weighted by molar-refractivity contribution is 6.31. The molecule has 0 bridgehead atoms. The molecule has 1 amide bonds.